The quantitative estimate of drug-likeness (QED) is 0.595. The first-order chi connectivity index (χ1) is 12.1. The van der Waals surface area contributed by atoms with Gasteiger partial charge >= 0.3 is 0 Å². The number of thioether (sulfide) groups is 1. The molecule has 1 aliphatic carbocycles. The zero-order chi connectivity index (χ0) is 17.8. The summed E-state index contributed by atoms with van der Waals surface area (Å²) in [6, 6.07) is 8.69. The van der Waals surface area contributed by atoms with E-state index in [1.54, 1.807) is 25.1 Å². The first-order valence-electron chi connectivity index (χ1n) is 8.37. The number of thiophene rings is 1. The molecule has 25 heavy (non-hydrogen) atoms. The van der Waals surface area contributed by atoms with Gasteiger partial charge in [-0.25, -0.2) is 4.39 Å². The van der Waals surface area contributed by atoms with Crippen molar-refractivity contribution < 1.29 is 9.18 Å². The van der Waals surface area contributed by atoms with Crippen LogP contribution in [0.5, 0.6) is 0 Å². The Morgan fingerprint density at radius 2 is 2.08 bits per heavy atom. The fourth-order valence-corrected chi connectivity index (χ4v) is 5.07. The minimum absolute atomic E-state index is 0.207. The highest BCUT2D eigenvalue weighted by Crippen LogP contribution is 2.37. The number of hydrogen-bond acceptors (Lipinski definition) is 4. The molecule has 0 radical (unpaired) electrons. The number of halogens is 1. The summed E-state index contributed by atoms with van der Waals surface area (Å²) >= 11 is 2.70. The van der Waals surface area contributed by atoms with Crippen molar-refractivity contribution in [1.29, 1.82) is 5.26 Å². The second-order valence-corrected chi connectivity index (χ2v) is 8.55. The lowest BCUT2D eigenvalue weighted by Crippen LogP contribution is -2.22. The molecule has 1 unspecified atom stereocenters. The van der Waals surface area contributed by atoms with Crippen molar-refractivity contribution in [1.82, 2.24) is 0 Å². The number of carbonyl (C=O) groups is 1. The lowest BCUT2D eigenvalue weighted by Gasteiger charge is -2.12. The predicted octanol–water partition coefficient (Wildman–Crippen LogP) is 5.15. The number of nitrogens with one attached hydrogen (secondary N) is 1. The topological polar surface area (TPSA) is 52.9 Å². The molecule has 1 atom stereocenters. The van der Waals surface area contributed by atoms with Crippen LogP contribution in [0.3, 0.4) is 0 Å². The minimum atomic E-state index is -0.453. The summed E-state index contributed by atoms with van der Waals surface area (Å²) in [5, 5.41) is 12.6. The summed E-state index contributed by atoms with van der Waals surface area (Å²) in [7, 11) is 0. The van der Waals surface area contributed by atoms with Gasteiger partial charge in [-0.1, -0.05) is 18.6 Å². The maximum Gasteiger partial charge on any atom is 0.238 e. The van der Waals surface area contributed by atoms with Gasteiger partial charge in [0.1, 0.15) is 16.9 Å². The Morgan fingerprint density at radius 3 is 2.84 bits per heavy atom. The van der Waals surface area contributed by atoms with E-state index in [2.05, 4.69) is 11.4 Å². The SMILES string of the molecule is CC(Sc1ccccc1F)C(=O)Nc1sc2c(c1C#N)CCCCC2. The molecule has 0 aliphatic heterocycles. The number of fused-ring (bicyclic) bond motifs is 1. The van der Waals surface area contributed by atoms with Crippen LogP contribution in [0.25, 0.3) is 0 Å². The van der Waals surface area contributed by atoms with Crippen molar-refractivity contribution >= 4 is 34.0 Å². The number of nitriles is 1. The van der Waals surface area contributed by atoms with Gasteiger partial charge < -0.3 is 5.32 Å². The second kappa shape index (κ2) is 8.03. The van der Waals surface area contributed by atoms with Gasteiger partial charge in [0.25, 0.3) is 0 Å². The predicted molar refractivity (Wildman–Crippen MR) is 101 cm³/mol. The molecule has 3 nitrogen and oxygen atoms in total. The molecule has 6 heteroatoms. The van der Waals surface area contributed by atoms with E-state index in [0.29, 0.717) is 15.5 Å². The molecular formula is C19H19FN2OS2. The van der Waals surface area contributed by atoms with Gasteiger partial charge in [-0.15, -0.1) is 23.1 Å². The fraction of sp³-hybridized carbons (Fsp3) is 0.368. The van der Waals surface area contributed by atoms with E-state index >= 15 is 0 Å². The van der Waals surface area contributed by atoms with E-state index in [-0.39, 0.29) is 11.7 Å². The maximum atomic E-state index is 13.8. The first kappa shape index (κ1) is 18.0. The molecule has 0 fully saturated rings. The fourth-order valence-electron chi connectivity index (χ4n) is 2.95. The number of amides is 1. The van der Waals surface area contributed by atoms with E-state index in [0.717, 1.165) is 31.2 Å². The van der Waals surface area contributed by atoms with Gasteiger partial charge in [-0.2, -0.15) is 5.26 Å². The molecule has 0 saturated carbocycles. The number of carbonyl (C=O) groups excluding carboxylic acids is 1. The zero-order valence-electron chi connectivity index (χ0n) is 14.0. The maximum absolute atomic E-state index is 13.8. The van der Waals surface area contributed by atoms with E-state index in [1.165, 1.54) is 40.5 Å². The Bertz CT molecular complexity index is 825. The van der Waals surface area contributed by atoms with Crippen molar-refractivity contribution in [2.75, 3.05) is 5.32 Å². The third kappa shape index (κ3) is 4.05. The molecule has 2 aromatic rings. The smallest absolute Gasteiger partial charge is 0.238 e. The van der Waals surface area contributed by atoms with Gasteiger partial charge in [0, 0.05) is 9.77 Å². The van der Waals surface area contributed by atoms with Crippen LogP contribution in [0.1, 0.15) is 42.2 Å². The van der Waals surface area contributed by atoms with Crippen LogP contribution in [0.15, 0.2) is 29.2 Å². The van der Waals surface area contributed by atoms with E-state index in [4.69, 9.17) is 0 Å². The molecule has 3 rings (SSSR count). The Labute approximate surface area is 155 Å². The molecule has 1 N–H and O–H groups in total. The highest BCUT2D eigenvalue weighted by Gasteiger charge is 2.23. The number of nitrogens with zero attached hydrogens (tertiary/aromatic N) is 1. The summed E-state index contributed by atoms with van der Waals surface area (Å²) in [5.74, 6) is -0.533. The standard InChI is InChI=1S/C19H19FN2OS2/c1-12(24-17-10-6-5-8-15(17)20)18(23)22-19-14(11-21)13-7-3-2-4-9-16(13)25-19/h5-6,8,10,12H,2-4,7,9H2,1H3,(H,22,23). The summed E-state index contributed by atoms with van der Waals surface area (Å²) < 4.78 is 13.8. The van der Waals surface area contributed by atoms with Crippen LogP contribution in [0.2, 0.25) is 0 Å². The third-order valence-corrected chi connectivity index (χ3v) is 6.64. The Hall–Kier alpha value is -1.84. The number of rotatable bonds is 4. The van der Waals surface area contributed by atoms with Crippen molar-refractivity contribution in [3.8, 4) is 6.07 Å². The van der Waals surface area contributed by atoms with Crippen molar-refractivity contribution in [3.63, 3.8) is 0 Å². The second-order valence-electron chi connectivity index (χ2n) is 6.06. The summed E-state index contributed by atoms with van der Waals surface area (Å²) in [5.41, 5.74) is 1.72. The number of benzene rings is 1. The molecule has 0 saturated heterocycles. The average molecular weight is 375 g/mol. The van der Waals surface area contributed by atoms with Crippen LogP contribution >= 0.6 is 23.1 Å². The molecule has 1 aliphatic rings. The zero-order valence-corrected chi connectivity index (χ0v) is 15.6. The number of hydrogen-bond donors (Lipinski definition) is 1. The molecule has 1 amide bonds. The van der Waals surface area contributed by atoms with Gasteiger partial charge in [0.05, 0.1) is 10.8 Å². The normalized spacial score (nSPS) is 14.9. The molecular weight excluding hydrogens is 355 g/mol. The van der Waals surface area contributed by atoms with Gasteiger partial charge in [-0.05, 0) is 50.3 Å². The number of aryl methyl sites for hydroxylation is 1. The lowest BCUT2D eigenvalue weighted by atomic mass is 10.1. The molecule has 130 valence electrons. The average Bonchev–Trinajstić information content (AvgIpc) is 2.76. The van der Waals surface area contributed by atoms with Gasteiger partial charge in [0.15, 0.2) is 0 Å². The largest absolute Gasteiger partial charge is 0.316 e. The van der Waals surface area contributed by atoms with E-state index in [9.17, 15) is 14.4 Å². The summed E-state index contributed by atoms with van der Waals surface area (Å²) in [6.07, 6.45) is 5.29. The van der Waals surface area contributed by atoms with Crippen molar-refractivity contribution in [2.24, 2.45) is 0 Å². The van der Waals surface area contributed by atoms with Crippen LogP contribution < -0.4 is 5.32 Å². The molecule has 1 aromatic carbocycles. The summed E-state index contributed by atoms with van der Waals surface area (Å²) in [6.45, 7) is 1.75. The number of anilines is 1. The highest BCUT2D eigenvalue weighted by atomic mass is 32.2. The molecule has 1 heterocycles. The first-order valence-corrected chi connectivity index (χ1v) is 10.1. The van der Waals surface area contributed by atoms with E-state index in [1.807, 2.05) is 0 Å². The Balaban J connectivity index is 1.75. The van der Waals surface area contributed by atoms with Crippen LogP contribution in [0, 0.1) is 17.1 Å². The summed E-state index contributed by atoms with van der Waals surface area (Å²) in [4.78, 5) is 14.2. The molecule has 1 aromatic heterocycles. The third-order valence-electron chi connectivity index (χ3n) is 4.28. The monoisotopic (exact) mass is 374 g/mol. The van der Waals surface area contributed by atoms with Crippen molar-refractivity contribution in [3.05, 3.63) is 46.1 Å². The Kier molecular flexibility index (Phi) is 5.77. The lowest BCUT2D eigenvalue weighted by molar-refractivity contribution is -0.115. The van der Waals surface area contributed by atoms with Gasteiger partial charge in [-0.3, -0.25) is 4.79 Å². The van der Waals surface area contributed by atoms with Crippen LogP contribution in [-0.4, -0.2) is 11.2 Å². The van der Waals surface area contributed by atoms with Crippen LogP contribution in [-0.2, 0) is 17.6 Å². The van der Waals surface area contributed by atoms with Crippen molar-refractivity contribution in [2.45, 2.75) is 49.2 Å². The molecule has 0 bridgehead atoms. The van der Waals surface area contributed by atoms with Gasteiger partial charge in [0.2, 0.25) is 5.91 Å². The van der Waals surface area contributed by atoms with Crippen LogP contribution in [0.4, 0.5) is 9.39 Å². The highest BCUT2D eigenvalue weighted by molar-refractivity contribution is 8.00. The Morgan fingerprint density at radius 1 is 1.32 bits per heavy atom. The molecule has 0 spiro atoms. The van der Waals surface area contributed by atoms with E-state index < -0.39 is 5.25 Å². The minimum Gasteiger partial charge on any atom is -0.316 e.